The van der Waals surface area contributed by atoms with E-state index in [2.05, 4.69) is 27.3 Å². The maximum Gasteiger partial charge on any atom is 0.321 e. The van der Waals surface area contributed by atoms with E-state index in [1.54, 1.807) is 0 Å². The smallest absolute Gasteiger partial charge is 0.321 e. The first-order valence-electron chi connectivity index (χ1n) is 12.6. The number of fused-ring (bicyclic) bond motifs is 1. The predicted octanol–water partition coefficient (Wildman–Crippen LogP) is 5.60. The van der Waals surface area contributed by atoms with Crippen molar-refractivity contribution in [2.45, 2.75) is 40.0 Å². The highest BCUT2D eigenvalue weighted by Crippen LogP contribution is 2.34. The van der Waals surface area contributed by atoms with Gasteiger partial charge in [-0.3, -0.25) is 0 Å². The lowest BCUT2D eigenvalue weighted by Gasteiger charge is -2.24. The molecule has 8 heteroatoms. The average Bonchev–Trinajstić information content (AvgIpc) is 3.15. The van der Waals surface area contributed by atoms with Gasteiger partial charge >= 0.3 is 6.03 Å². The van der Waals surface area contributed by atoms with Crippen molar-refractivity contribution in [1.82, 2.24) is 20.0 Å². The molecule has 0 aliphatic carbocycles. The summed E-state index contributed by atoms with van der Waals surface area (Å²) < 4.78 is 5.70. The topological polar surface area (TPSA) is 87.4 Å². The monoisotopic (exact) mass is 484 g/mol. The van der Waals surface area contributed by atoms with Crippen molar-refractivity contribution in [3.63, 3.8) is 0 Å². The summed E-state index contributed by atoms with van der Waals surface area (Å²) in [6.45, 7) is 8.87. The zero-order valence-electron chi connectivity index (χ0n) is 21.1. The highest BCUT2D eigenvalue weighted by molar-refractivity contribution is 5.98. The molecule has 1 saturated heterocycles. The fourth-order valence-corrected chi connectivity index (χ4v) is 4.77. The zero-order chi connectivity index (χ0) is 25.1. The van der Waals surface area contributed by atoms with Crippen LogP contribution >= 0.6 is 0 Å². The molecule has 1 N–H and O–H groups in total. The highest BCUT2D eigenvalue weighted by Gasteiger charge is 2.26. The Morgan fingerprint density at radius 1 is 0.972 bits per heavy atom. The first-order chi connectivity index (χ1) is 17.5. The van der Waals surface area contributed by atoms with Crippen molar-refractivity contribution in [3.05, 3.63) is 65.5 Å². The summed E-state index contributed by atoms with van der Waals surface area (Å²) in [5.41, 5.74) is 5.24. The maximum absolute atomic E-state index is 13.2. The number of hydrogen-bond donors (Lipinski definition) is 1. The third-order valence-electron chi connectivity index (χ3n) is 6.68. The third-order valence-corrected chi connectivity index (χ3v) is 6.68. The second-order valence-corrected chi connectivity index (χ2v) is 9.32. The largest absolute Gasteiger partial charge is 0.354 e. The molecule has 2 aromatic carbocycles. The Labute approximate surface area is 211 Å². The molecule has 0 bridgehead atoms. The summed E-state index contributed by atoms with van der Waals surface area (Å²) in [6.07, 6.45) is 2.54. The average molecular weight is 485 g/mol. The Morgan fingerprint density at radius 3 is 2.50 bits per heavy atom. The number of anilines is 2. The summed E-state index contributed by atoms with van der Waals surface area (Å²) in [5, 5.41) is 8.33. The van der Waals surface area contributed by atoms with E-state index in [1.165, 1.54) is 0 Å². The number of urea groups is 1. The minimum Gasteiger partial charge on any atom is -0.354 e. The molecule has 8 nitrogen and oxygen atoms in total. The Hall–Kier alpha value is -3.94. The van der Waals surface area contributed by atoms with E-state index in [9.17, 15) is 4.79 Å². The molecule has 0 atom stereocenters. The van der Waals surface area contributed by atoms with Gasteiger partial charge in [0.25, 0.3) is 5.71 Å². The summed E-state index contributed by atoms with van der Waals surface area (Å²) in [5.74, 6) is 1.59. The molecule has 1 fully saturated rings. The maximum atomic E-state index is 13.2. The third kappa shape index (κ3) is 4.76. The van der Waals surface area contributed by atoms with Crippen LogP contribution in [0.5, 0.6) is 0 Å². The molecular formula is C28H32N6O2. The zero-order valence-corrected chi connectivity index (χ0v) is 21.1. The first kappa shape index (κ1) is 23.8. The Balaban J connectivity index is 1.43. The fourth-order valence-electron chi connectivity index (χ4n) is 4.77. The number of carbonyl (C=O) groups excluding carboxylic acids is 1. The lowest BCUT2D eigenvalue weighted by molar-refractivity contribution is 0.215. The van der Waals surface area contributed by atoms with Gasteiger partial charge in [0.2, 0.25) is 0 Å². The first-order valence-corrected chi connectivity index (χ1v) is 12.6. The number of benzene rings is 2. The molecule has 4 aromatic rings. The lowest BCUT2D eigenvalue weighted by atomic mass is 10.1. The number of nitrogens with one attached hydrogen (secondary N) is 1. The summed E-state index contributed by atoms with van der Waals surface area (Å²) in [4.78, 5) is 26.9. The Bertz CT molecular complexity index is 1350. The van der Waals surface area contributed by atoms with Crippen LogP contribution in [0.1, 0.15) is 36.7 Å². The van der Waals surface area contributed by atoms with Gasteiger partial charge in [-0.15, -0.1) is 0 Å². The van der Waals surface area contributed by atoms with Crippen molar-refractivity contribution in [3.8, 4) is 11.3 Å². The quantitative estimate of drug-likeness (QED) is 0.397. The van der Waals surface area contributed by atoms with E-state index in [1.807, 2.05) is 67.3 Å². The van der Waals surface area contributed by atoms with Crippen LogP contribution in [0.15, 0.2) is 53.1 Å². The number of aryl methyl sites for hydroxylation is 3. The molecule has 2 amide bonds. The van der Waals surface area contributed by atoms with Crippen molar-refractivity contribution >= 4 is 28.6 Å². The number of rotatable bonds is 5. The number of aromatic nitrogens is 3. The van der Waals surface area contributed by atoms with Crippen LogP contribution < -0.4 is 10.2 Å². The number of carbonyl (C=O) groups is 1. The van der Waals surface area contributed by atoms with Gasteiger partial charge in [0.1, 0.15) is 22.7 Å². The van der Waals surface area contributed by atoms with Gasteiger partial charge in [0, 0.05) is 43.9 Å². The predicted molar refractivity (Wildman–Crippen MR) is 142 cm³/mol. The molecule has 2 aromatic heterocycles. The van der Waals surface area contributed by atoms with Gasteiger partial charge < -0.3 is 19.6 Å². The van der Waals surface area contributed by atoms with Crippen molar-refractivity contribution in [2.24, 2.45) is 0 Å². The number of amides is 2. The SMILES string of the molecule is CCCc1nc(N2CCCN(C(=O)Nc3c(C)cccc3C)CC2)c2c(-c3ccccc3)noc2n1. The molecule has 1 aliphatic heterocycles. The van der Waals surface area contributed by atoms with Crippen LogP contribution in [0.25, 0.3) is 22.4 Å². The molecular weight excluding hydrogens is 452 g/mol. The molecule has 3 heterocycles. The fraction of sp³-hybridized carbons (Fsp3) is 0.357. The van der Waals surface area contributed by atoms with Crippen LogP contribution in [0.4, 0.5) is 16.3 Å². The Kier molecular flexibility index (Phi) is 6.84. The lowest BCUT2D eigenvalue weighted by Crippen LogP contribution is -2.38. The highest BCUT2D eigenvalue weighted by atomic mass is 16.5. The molecule has 0 unspecified atom stereocenters. The van der Waals surface area contributed by atoms with E-state index in [4.69, 9.17) is 9.51 Å². The van der Waals surface area contributed by atoms with Crippen LogP contribution in [-0.2, 0) is 6.42 Å². The van der Waals surface area contributed by atoms with E-state index >= 15 is 0 Å². The summed E-state index contributed by atoms with van der Waals surface area (Å²) in [7, 11) is 0. The summed E-state index contributed by atoms with van der Waals surface area (Å²) in [6, 6.07) is 16.0. The van der Waals surface area contributed by atoms with Crippen molar-refractivity contribution in [2.75, 3.05) is 36.4 Å². The van der Waals surface area contributed by atoms with Crippen LogP contribution in [0.3, 0.4) is 0 Å². The molecule has 186 valence electrons. The van der Waals surface area contributed by atoms with Gasteiger partial charge in [0.15, 0.2) is 0 Å². The number of para-hydroxylation sites is 1. The van der Waals surface area contributed by atoms with Gasteiger partial charge in [-0.2, -0.15) is 4.98 Å². The van der Waals surface area contributed by atoms with Crippen LogP contribution in [0, 0.1) is 13.8 Å². The molecule has 0 radical (unpaired) electrons. The standard InChI is InChI=1S/C28H32N6O2/c1-4-10-22-29-26(23-25(32-36-27(23)30-22)21-13-6-5-7-14-21)33-15-9-16-34(18-17-33)28(35)31-24-19(2)11-8-12-20(24)3/h5-8,11-14H,4,9-10,15-18H2,1-3H3,(H,31,35). The molecule has 0 spiro atoms. The van der Waals surface area contributed by atoms with Crippen molar-refractivity contribution < 1.29 is 9.32 Å². The van der Waals surface area contributed by atoms with Gasteiger partial charge in [-0.25, -0.2) is 9.78 Å². The number of nitrogens with zero attached hydrogens (tertiary/aromatic N) is 5. The number of hydrogen-bond acceptors (Lipinski definition) is 6. The van der Waals surface area contributed by atoms with E-state index in [0.29, 0.717) is 25.3 Å². The van der Waals surface area contributed by atoms with Crippen LogP contribution in [-0.4, -0.2) is 52.2 Å². The van der Waals surface area contributed by atoms with Crippen LogP contribution in [0.2, 0.25) is 0 Å². The molecule has 5 rings (SSSR count). The minimum absolute atomic E-state index is 0.0660. The van der Waals surface area contributed by atoms with Gasteiger partial charge in [-0.05, 0) is 37.8 Å². The summed E-state index contributed by atoms with van der Waals surface area (Å²) >= 11 is 0. The minimum atomic E-state index is -0.0660. The van der Waals surface area contributed by atoms with Gasteiger partial charge in [0.05, 0.1) is 0 Å². The second-order valence-electron chi connectivity index (χ2n) is 9.32. The molecule has 1 aliphatic rings. The van der Waals surface area contributed by atoms with Gasteiger partial charge in [-0.1, -0.05) is 60.6 Å². The van der Waals surface area contributed by atoms with E-state index in [0.717, 1.165) is 70.9 Å². The van der Waals surface area contributed by atoms with E-state index in [-0.39, 0.29) is 6.03 Å². The normalized spacial score (nSPS) is 14.2. The Morgan fingerprint density at radius 2 is 1.75 bits per heavy atom. The van der Waals surface area contributed by atoms with Crippen molar-refractivity contribution in [1.29, 1.82) is 0 Å². The molecule has 0 saturated carbocycles. The van der Waals surface area contributed by atoms with E-state index < -0.39 is 0 Å². The molecule has 36 heavy (non-hydrogen) atoms. The second kappa shape index (κ2) is 10.4.